The van der Waals surface area contributed by atoms with Crippen molar-refractivity contribution in [1.82, 2.24) is 9.97 Å². The average molecular weight is 348 g/mol. The van der Waals surface area contributed by atoms with Crippen molar-refractivity contribution in [1.29, 1.82) is 0 Å². The van der Waals surface area contributed by atoms with Crippen molar-refractivity contribution in [2.45, 2.75) is 33.8 Å². The summed E-state index contributed by atoms with van der Waals surface area (Å²) in [6.45, 7) is 8.19. The van der Waals surface area contributed by atoms with Gasteiger partial charge in [-0.15, -0.1) is 0 Å². The summed E-state index contributed by atoms with van der Waals surface area (Å²) in [4.78, 5) is 8.89. The van der Waals surface area contributed by atoms with Crippen LogP contribution in [-0.2, 0) is 0 Å². The Morgan fingerprint density at radius 1 is 0.885 bits per heavy atom. The van der Waals surface area contributed by atoms with E-state index in [1.54, 1.807) is 6.20 Å². The lowest BCUT2D eigenvalue weighted by molar-refractivity contribution is 0.244. The molecule has 0 atom stereocenters. The minimum Gasteiger partial charge on any atom is -0.489 e. The molecule has 3 rings (SSSR count). The summed E-state index contributed by atoms with van der Waals surface area (Å²) in [5, 5.41) is 6.61. The number of benzene rings is 2. The molecule has 0 amide bonds. The van der Waals surface area contributed by atoms with Gasteiger partial charge in [-0.3, -0.25) is 0 Å². The molecule has 2 N–H and O–H groups in total. The lowest BCUT2D eigenvalue weighted by Gasteiger charge is -2.15. The van der Waals surface area contributed by atoms with Crippen LogP contribution in [0.5, 0.6) is 5.75 Å². The van der Waals surface area contributed by atoms with Crippen molar-refractivity contribution in [3.05, 3.63) is 65.9 Å². The number of nitrogens with zero attached hydrogens (tertiary/aromatic N) is 2. The highest BCUT2D eigenvalue weighted by molar-refractivity contribution is 5.66. The highest BCUT2D eigenvalue weighted by atomic mass is 16.5. The Kier molecular flexibility index (Phi) is 5.37. The van der Waals surface area contributed by atoms with E-state index in [9.17, 15) is 0 Å². The molecule has 5 heteroatoms. The Bertz CT molecular complexity index is 893. The molecule has 0 fully saturated rings. The first kappa shape index (κ1) is 17.7. The molecule has 5 nitrogen and oxygen atoms in total. The smallest absolute Gasteiger partial charge is 0.229 e. The fraction of sp³-hybridized carbons (Fsp3) is 0.238. The molecule has 26 heavy (non-hydrogen) atoms. The van der Waals surface area contributed by atoms with Crippen molar-refractivity contribution < 1.29 is 4.74 Å². The summed E-state index contributed by atoms with van der Waals surface area (Å²) in [6, 6.07) is 15.8. The molecule has 3 aromatic rings. The van der Waals surface area contributed by atoms with Gasteiger partial charge in [0.1, 0.15) is 11.6 Å². The Labute approximate surface area is 154 Å². The lowest BCUT2D eigenvalue weighted by atomic mass is 10.1. The molecule has 1 aromatic heterocycles. The monoisotopic (exact) mass is 348 g/mol. The van der Waals surface area contributed by atoms with Gasteiger partial charge in [-0.2, -0.15) is 4.98 Å². The van der Waals surface area contributed by atoms with Crippen molar-refractivity contribution in [3.63, 3.8) is 0 Å². The topological polar surface area (TPSA) is 59.1 Å². The summed E-state index contributed by atoms with van der Waals surface area (Å²) < 4.78 is 5.85. The van der Waals surface area contributed by atoms with Gasteiger partial charge >= 0.3 is 0 Å². The molecule has 0 saturated heterocycles. The SMILES string of the molecule is Cc1cccc(Nc2nccc(Nc3ccccc3OC(C)C)n2)c1C. The van der Waals surface area contributed by atoms with Crippen LogP contribution in [0.4, 0.5) is 23.1 Å². The number of rotatable bonds is 6. The van der Waals surface area contributed by atoms with Crippen LogP contribution >= 0.6 is 0 Å². The number of aromatic nitrogens is 2. The third-order valence-corrected chi connectivity index (χ3v) is 4.02. The summed E-state index contributed by atoms with van der Waals surface area (Å²) in [5.41, 5.74) is 4.29. The third-order valence-electron chi connectivity index (χ3n) is 4.02. The maximum Gasteiger partial charge on any atom is 0.229 e. The predicted octanol–water partition coefficient (Wildman–Crippen LogP) is 5.37. The van der Waals surface area contributed by atoms with Gasteiger partial charge in [0, 0.05) is 11.9 Å². The third kappa shape index (κ3) is 4.30. The van der Waals surface area contributed by atoms with Crippen LogP contribution in [0.3, 0.4) is 0 Å². The second kappa shape index (κ2) is 7.87. The Balaban J connectivity index is 1.81. The van der Waals surface area contributed by atoms with Crippen LogP contribution in [0.2, 0.25) is 0 Å². The van der Waals surface area contributed by atoms with Gasteiger partial charge in [-0.25, -0.2) is 4.98 Å². The largest absolute Gasteiger partial charge is 0.489 e. The molecular weight excluding hydrogens is 324 g/mol. The van der Waals surface area contributed by atoms with E-state index in [1.807, 2.05) is 56.3 Å². The molecule has 2 aromatic carbocycles. The fourth-order valence-electron chi connectivity index (χ4n) is 2.56. The number of ether oxygens (including phenoxy) is 1. The molecule has 1 heterocycles. The maximum atomic E-state index is 5.85. The van der Waals surface area contributed by atoms with E-state index in [0.717, 1.165) is 17.1 Å². The number of para-hydroxylation sites is 2. The number of hydrogen-bond acceptors (Lipinski definition) is 5. The van der Waals surface area contributed by atoms with E-state index in [1.165, 1.54) is 11.1 Å². The number of hydrogen-bond donors (Lipinski definition) is 2. The Morgan fingerprint density at radius 2 is 1.65 bits per heavy atom. The zero-order valence-electron chi connectivity index (χ0n) is 15.6. The molecule has 0 aliphatic rings. The van der Waals surface area contributed by atoms with Crippen molar-refractivity contribution >= 4 is 23.1 Å². The van der Waals surface area contributed by atoms with Crippen LogP contribution in [0.25, 0.3) is 0 Å². The number of nitrogens with one attached hydrogen (secondary N) is 2. The first-order chi connectivity index (χ1) is 12.5. The van der Waals surface area contributed by atoms with Crippen LogP contribution in [-0.4, -0.2) is 16.1 Å². The van der Waals surface area contributed by atoms with Crippen molar-refractivity contribution in [3.8, 4) is 5.75 Å². The van der Waals surface area contributed by atoms with Gasteiger partial charge in [0.25, 0.3) is 0 Å². The molecule has 0 aliphatic carbocycles. The highest BCUT2D eigenvalue weighted by Crippen LogP contribution is 2.28. The van der Waals surface area contributed by atoms with Gasteiger partial charge in [-0.1, -0.05) is 24.3 Å². The second-order valence-electron chi connectivity index (χ2n) is 6.43. The molecule has 134 valence electrons. The van der Waals surface area contributed by atoms with E-state index >= 15 is 0 Å². The summed E-state index contributed by atoms with van der Waals surface area (Å²) in [7, 11) is 0. The molecular formula is C21H24N4O. The zero-order valence-corrected chi connectivity index (χ0v) is 15.6. The van der Waals surface area contributed by atoms with Gasteiger partial charge in [-0.05, 0) is 63.1 Å². The molecule has 0 saturated carbocycles. The minimum atomic E-state index is 0.102. The molecule has 0 aliphatic heterocycles. The molecule has 0 bridgehead atoms. The van der Waals surface area contributed by atoms with Crippen molar-refractivity contribution in [2.75, 3.05) is 10.6 Å². The van der Waals surface area contributed by atoms with Crippen molar-refractivity contribution in [2.24, 2.45) is 0 Å². The number of anilines is 4. The van der Waals surface area contributed by atoms with Crippen LogP contribution < -0.4 is 15.4 Å². The van der Waals surface area contributed by atoms with Crippen LogP contribution in [0.15, 0.2) is 54.7 Å². The second-order valence-corrected chi connectivity index (χ2v) is 6.43. The normalized spacial score (nSPS) is 10.7. The van der Waals surface area contributed by atoms with E-state index in [2.05, 4.69) is 40.5 Å². The summed E-state index contributed by atoms with van der Waals surface area (Å²) in [5.74, 6) is 2.05. The summed E-state index contributed by atoms with van der Waals surface area (Å²) in [6.07, 6.45) is 1.83. The molecule has 0 radical (unpaired) electrons. The number of aryl methyl sites for hydroxylation is 1. The van der Waals surface area contributed by atoms with Gasteiger partial charge in [0.05, 0.1) is 11.8 Å². The Hall–Kier alpha value is -3.08. The molecule has 0 unspecified atom stereocenters. The predicted molar refractivity (Wildman–Crippen MR) is 107 cm³/mol. The van der Waals surface area contributed by atoms with Crippen LogP contribution in [0, 0.1) is 13.8 Å². The maximum absolute atomic E-state index is 5.85. The van der Waals surface area contributed by atoms with Crippen LogP contribution in [0.1, 0.15) is 25.0 Å². The van der Waals surface area contributed by atoms with E-state index in [4.69, 9.17) is 4.74 Å². The molecule has 0 spiro atoms. The van der Waals surface area contributed by atoms with E-state index < -0.39 is 0 Å². The van der Waals surface area contributed by atoms with E-state index in [0.29, 0.717) is 11.8 Å². The standard InChI is InChI=1S/C21H24N4O/c1-14(2)26-19-11-6-5-9-18(19)23-20-12-13-22-21(25-20)24-17-10-7-8-15(3)16(17)4/h5-14H,1-4H3,(H2,22,23,24,25). The van der Waals surface area contributed by atoms with Gasteiger partial charge in [0.15, 0.2) is 0 Å². The van der Waals surface area contributed by atoms with E-state index in [-0.39, 0.29) is 6.10 Å². The van der Waals surface area contributed by atoms with Gasteiger partial charge in [0.2, 0.25) is 5.95 Å². The average Bonchev–Trinajstić information content (AvgIpc) is 2.61. The first-order valence-electron chi connectivity index (χ1n) is 8.72. The quantitative estimate of drug-likeness (QED) is 0.627. The minimum absolute atomic E-state index is 0.102. The lowest BCUT2D eigenvalue weighted by Crippen LogP contribution is -2.08. The highest BCUT2D eigenvalue weighted by Gasteiger charge is 2.08. The first-order valence-corrected chi connectivity index (χ1v) is 8.72. The summed E-state index contributed by atoms with van der Waals surface area (Å²) >= 11 is 0. The zero-order chi connectivity index (χ0) is 18.5. The fourth-order valence-corrected chi connectivity index (χ4v) is 2.56. The Morgan fingerprint density at radius 3 is 2.46 bits per heavy atom. The van der Waals surface area contributed by atoms with Gasteiger partial charge < -0.3 is 15.4 Å².